The number of rotatable bonds is 7. The Kier molecular flexibility index (Phi) is 5.91. The van der Waals surface area contributed by atoms with Gasteiger partial charge in [-0.25, -0.2) is 12.8 Å². The molecular weight excluding hydrogens is 309 g/mol. The second-order valence-corrected chi connectivity index (χ2v) is 6.56. The van der Waals surface area contributed by atoms with Gasteiger partial charge in [0.25, 0.3) is 0 Å². The molecule has 1 aromatic rings. The summed E-state index contributed by atoms with van der Waals surface area (Å²) in [5.74, 6) is -2.65. The van der Waals surface area contributed by atoms with Crippen molar-refractivity contribution in [3.05, 3.63) is 34.6 Å². The number of aliphatic carboxylic acids is 1. The number of hydrogen-bond donors (Lipinski definition) is 1. The van der Waals surface area contributed by atoms with Crippen LogP contribution in [0.25, 0.3) is 0 Å². The van der Waals surface area contributed by atoms with Crippen LogP contribution < -0.4 is 0 Å². The Morgan fingerprint density at radius 3 is 2.60 bits per heavy atom. The van der Waals surface area contributed by atoms with Crippen LogP contribution in [-0.4, -0.2) is 36.9 Å². The van der Waals surface area contributed by atoms with Crippen molar-refractivity contribution in [3.63, 3.8) is 0 Å². The van der Waals surface area contributed by atoms with Crippen molar-refractivity contribution in [1.29, 1.82) is 0 Å². The molecule has 0 heterocycles. The topological polar surface area (TPSA) is 74.7 Å². The van der Waals surface area contributed by atoms with E-state index in [-0.39, 0.29) is 17.1 Å². The van der Waals surface area contributed by atoms with E-state index in [1.165, 1.54) is 12.1 Å². The average molecular weight is 324 g/mol. The Hall–Kier alpha value is -1.18. The lowest BCUT2D eigenvalue weighted by atomic mass is 10.2. The average Bonchev–Trinajstić information content (AvgIpc) is 2.33. The normalized spacial score (nSPS) is 11.8. The third kappa shape index (κ3) is 4.43. The van der Waals surface area contributed by atoms with E-state index in [1.807, 2.05) is 0 Å². The molecule has 1 rings (SSSR count). The van der Waals surface area contributed by atoms with E-state index in [2.05, 4.69) is 0 Å². The molecule has 0 aliphatic carbocycles. The largest absolute Gasteiger partial charge is 0.480 e. The predicted octanol–water partition coefficient (Wildman–Crippen LogP) is 2.11. The second kappa shape index (κ2) is 7.01. The summed E-state index contributed by atoms with van der Waals surface area (Å²) in [6.45, 7) is 1.13. The minimum atomic E-state index is -3.95. The molecular formula is C12H15ClFNO4S. The van der Waals surface area contributed by atoms with Gasteiger partial charge in [-0.1, -0.05) is 24.6 Å². The van der Waals surface area contributed by atoms with E-state index in [0.717, 1.165) is 10.4 Å². The Morgan fingerprint density at radius 1 is 1.45 bits per heavy atom. The number of carboxylic acids is 1. The molecule has 0 saturated heterocycles. The van der Waals surface area contributed by atoms with Gasteiger partial charge >= 0.3 is 5.97 Å². The maximum atomic E-state index is 13.6. The molecule has 0 aliphatic rings. The maximum Gasteiger partial charge on any atom is 0.318 e. The van der Waals surface area contributed by atoms with E-state index in [9.17, 15) is 17.6 Å². The molecule has 8 heteroatoms. The first-order valence-electron chi connectivity index (χ1n) is 5.90. The molecule has 0 aliphatic heterocycles. The highest BCUT2D eigenvalue weighted by molar-refractivity contribution is 7.88. The summed E-state index contributed by atoms with van der Waals surface area (Å²) < 4.78 is 38.8. The molecule has 0 amide bonds. The molecule has 0 spiro atoms. The minimum absolute atomic E-state index is 0.000323. The highest BCUT2D eigenvalue weighted by Crippen LogP contribution is 2.22. The van der Waals surface area contributed by atoms with Crippen LogP contribution in [0.5, 0.6) is 0 Å². The zero-order valence-corrected chi connectivity index (χ0v) is 12.4. The molecule has 112 valence electrons. The summed E-state index contributed by atoms with van der Waals surface area (Å²) in [4.78, 5) is 10.7. The van der Waals surface area contributed by atoms with E-state index >= 15 is 0 Å². The van der Waals surface area contributed by atoms with Crippen molar-refractivity contribution in [2.24, 2.45) is 0 Å². The Bertz CT molecular complexity index is 571. The maximum absolute atomic E-state index is 13.6. The fourth-order valence-electron chi connectivity index (χ4n) is 1.66. The summed E-state index contributed by atoms with van der Waals surface area (Å²) >= 11 is 5.78. The summed E-state index contributed by atoms with van der Waals surface area (Å²) in [7, 11) is -3.95. The molecule has 0 bridgehead atoms. The zero-order chi connectivity index (χ0) is 15.3. The van der Waals surface area contributed by atoms with E-state index in [4.69, 9.17) is 16.7 Å². The second-order valence-electron chi connectivity index (χ2n) is 4.18. The first-order chi connectivity index (χ1) is 9.27. The third-order valence-electron chi connectivity index (χ3n) is 2.57. The monoisotopic (exact) mass is 323 g/mol. The van der Waals surface area contributed by atoms with E-state index in [1.54, 1.807) is 6.92 Å². The fraction of sp³-hybridized carbons (Fsp3) is 0.417. The van der Waals surface area contributed by atoms with Crippen LogP contribution in [0, 0.1) is 5.82 Å². The van der Waals surface area contributed by atoms with Crippen molar-refractivity contribution in [2.45, 2.75) is 19.1 Å². The van der Waals surface area contributed by atoms with Gasteiger partial charge in [-0.3, -0.25) is 4.79 Å². The van der Waals surface area contributed by atoms with Gasteiger partial charge in [0.05, 0.1) is 5.75 Å². The summed E-state index contributed by atoms with van der Waals surface area (Å²) in [5, 5.41) is 8.74. The standard InChI is InChI=1S/C12H15ClFNO4S/c1-2-6-15(7-12(16)17)20(18,19)8-9-10(13)4-3-5-11(9)14/h3-5H,2,6-8H2,1H3,(H,16,17). The molecule has 0 radical (unpaired) electrons. The summed E-state index contributed by atoms with van der Waals surface area (Å²) in [6.07, 6.45) is 0.456. The van der Waals surface area contributed by atoms with Gasteiger partial charge < -0.3 is 5.11 Å². The highest BCUT2D eigenvalue weighted by Gasteiger charge is 2.26. The highest BCUT2D eigenvalue weighted by atomic mass is 35.5. The number of carboxylic acid groups (broad SMARTS) is 1. The van der Waals surface area contributed by atoms with Crippen LogP contribution in [0.3, 0.4) is 0 Å². The molecule has 0 saturated carbocycles. The first kappa shape index (κ1) is 16.9. The SMILES string of the molecule is CCCN(CC(=O)O)S(=O)(=O)Cc1c(F)cccc1Cl. The predicted molar refractivity (Wildman–Crippen MR) is 73.5 cm³/mol. The zero-order valence-electron chi connectivity index (χ0n) is 10.8. The van der Waals surface area contributed by atoms with Crippen LogP contribution in [-0.2, 0) is 20.6 Å². The Morgan fingerprint density at radius 2 is 2.10 bits per heavy atom. The molecule has 0 atom stereocenters. The van der Waals surface area contributed by atoms with Crippen molar-refractivity contribution < 1.29 is 22.7 Å². The molecule has 0 fully saturated rings. The van der Waals surface area contributed by atoms with Gasteiger partial charge in [-0.05, 0) is 18.6 Å². The van der Waals surface area contributed by atoms with Crippen LogP contribution in [0.1, 0.15) is 18.9 Å². The van der Waals surface area contributed by atoms with Gasteiger partial charge in [-0.2, -0.15) is 4.31 Å². The molecule has 0 aromatic heterocycles. The molecule has 0 unspecified atom stereocenters. The van der Waals surface area contributed by atoms with Crippen LogP contribution in [0.4, 0.5) is 4.39 Å². The van der Waals surface area contributed by atoms with Gasteiger partial charge in [-0.15, -0.1) is 0 Å². The van der Waals surface area contributed by atoms with Crippen molar-refractivity contribution in [1.82, 2.24) is 4.31 Å². The lowest BCUT2D eigenvalue weighted by Gasteiger charge is -2.20. The van der Waals surface area contributed by atoms with Gasteiger partial charge in [0.1, 0.15) is 12.4 Å². The number of hydrogen-bond acceptors (Lipinski definition) is 3. The molecule has 1 aromatic carbocycles. The number of carbonyl (C=O) groups is 1. The number of sulfonamides is 1. The van der Waals surface area contributed by atoms with Crippen molar-refractivity contribution >= 4 is 27.6 Å². The summed E-state index contributed by atoms with van der Waals surface area (Å²) in [6, 6.07) is 3.86. The number of halogens is 2. The third-order valence-corrected chi connectivity index (χ3v) is 4.67. The van der Waals surface area contributed by atoms with Gasteiger partial charge in [0.2, 0.25) is 10.0 Å². The molecule has 20 heavy (non-hydrogen) atoms. The Labute approximate surface area is 122 Å². The van der Waals surface area contributed by atoms with Gasteiger partial charge in [0.15, 0.2) is 0 Å². The summed E-state index contributed by atoms with van der Waals surface area (Å²) in [5.41, 5.74) is -0.152. The van der Waals surface area contributed by atoms with Crippen LogP contribution >= 0.6 is 11.6 Å². The lowest BCUT2D eigenvalue weighted by Crippen LogP contribution is -2.37. The quantitative estimate of drug-likeness (QED) is 0.834. The lowest BCUT2D eigenvalue weighted by molar-refractivity contribution is -0.137. The fourth-order valence-corrected chi connectivity index (χ4v) is 3.58. The van der Waals surface area contributed by atoms with Gasteiger partial charge in [0, 0.05) is 17.1 Å². The number of benzene rings is 1. The smallest absolute Gasteiger partial charge is 0.318 e. The van der Waals surface area contributed by atoms with Crippen LogP contribution in [0.15, 0.2) is 18.2 Å². The molecule has 1 N–H and O–H groups in total. The first-order valence-corrected chi connectivity index (χ1v) is 7.89. The number of nitrogens with zero attached hydrogens (tertiary/aromatic N) is 1. The minimum Gasteiger partial charge on any atom is -0.480 e. The molecule has 5 nitrogen and oxygen atoms in total. The van der Waals surface area contributed by atoms with E-state index in [0.29, 0.717) is 6.42 Å². The van der Waals surface area contributed by atoms with Crippen LogP contribution in [0.2, 0.25) is 5.02 Å². The van der Waals surface area contributed by atoms with Crippen molar-refractivity contribution in [2.75, 3.05) is 13.1 Å². The van der Waals surface area contributed by atoms with Crippen molar-refractivity contribution in [3.8, 4) is 0 Å². The Balaban J connectivity index is 3.05. The van der Waals surface area contributed by atoms with E-state index < -0.39 is 34.1 Å².